The number of ether oxygens (including phenoxy) is 6. The Morgan fingerprint density at radius 2 is 0.719 bits per heavy atom. The van der Waals surface area contributed by atoms with Gasteiger partial charge in [-0.1, -0.05) is 251 Å². The summed E-state index contributed by atoms with van der Waals surface area (Å²) in [6.07, 6.45) is 51.3. The Bertz CT molecular complexity index is 2210. The summed E-state index contributed by atoms with van der Waals surface area (Å²) in [5, 5.41) is 121. The number of amides is 1. The molecule has 3 aliphatic rings. The SMILES string of the molecule is CC/C=C\C/C=C\C/C=C\C/C=C\C/C=C\C/C=C\C/C=C\C/C=C\C/C=C\C/C=C\CCCCC(=O)NC(COC1OC(CO)C(OC2OC(CO)C(OC3OC(CO)C(O)C(O)C3O)C(O)C2O)C(O)C1O)C(O)CCCCCCCCCCCCCCCCCCCC. The molecular formula is C77H129NO18. The van der Waals surface area contributed by atoms with Gasteiger partial charge in [0.05, 0.1) is 38.6 Å². The van der Waals surface area contributed by atoms with E-state index in [9.17, 15) is 61.0 Å². The van der Waals surface area contributed by atoms with Crippen molar-refractivity contribution in [1.82, 2.24) is 5.32 Å². The third-order valence-corrected chi connectivity index (χ3v) is 17.6. The van der Waals surface area contributed by atoms with Crippen LogP contribution in [0.15, 0.2) is 122 Å². The lowest BCUT2D eigenvalue weighted by atomic mass is 9.96. The van der Waals surface area contributed by atoms with E-state index >= 15 is 0 Å². The molecule has 0 saturated carbocycles. The van der Waals surface area contributed by atoms with Crippen LogP contribution < -0.4 is 5.32 Å². The van der Waals surface area contributed by atoms with Crippen molar-refractivity contribution in [3.63, 3.8) is 0 Å². The Kier molecular flexibility index (Phi) is 51.2. The highest BCUT2D eigenvalue weighted by atomic mass is 16.8. The molecule has 3 aliphatic heterocycles. The second-order valence-corrected chi connectivity index (χ2v) is 25.7. The predicted molar refractivity (Wildman–Crippen MR) is 378 cm³/mol. The van der Waals surface area contributed by atoms with Crippen LogP contribution in [0.4, 0.5) is 0 Å². The van der Waals surface area contributed by atoms with E-state index in [4.69, 9.17) is 28.4 Å². The molecule has 1 amide bonds. The van der Waals surface area contributed by atoms with Crippen molar-refractivity contribution in [3.8, 4) is 0 Å². The molecule has 0 aliphatic carbocycles. The number of hydrogen-bond donors (Lipinski definition) is 12. The van der Waals surface area contributed by atoms with Gasteiger partial charge in [0, 0.05) is 6.42 Å². The van der Waals surface area contributed by atoms with E-state index in [2.05, 4.69) is 141 Å². The molecule has 3 saturated heterocycles. The summed E-state index contributed by atoms with van der Waals surface area (Å²) in [7, 11) is 0. The van der Waals surface area contributed by atoms with Gasteiger partial charge in [-0.05, 0) is 89.9 Å². The van der Waals surface area contributed by atoms with Crippen molar-refractivity contribution < 1.29 is 89.4 Å². The fourth-order valence-corrected chi connectivity index (χ4v) is 11.6. The predicted octanol–water partition coefficient (Wildman–Crippen LogP) is 10.8. The van der Waals surface area contributed by atoms with E-state index in [0.29, 0.717) is 19.3 Å². The highest BCUT2D eigenvalue weighted by Crippen LogP contribution is 2.33. The fourth-order valence-electron chi connectivity index (χ4n) is 11.6. The molecule has 17 atom stereocenters. The molecule has 19 nitrogen and oxygen atoms in total. The van der Waals surface area contributed by atoms with E-state index in [1.54, 1.807) is 0 Å². The molecule has 19 heteroatoms. The molecule has 0 bridgehead atoms. The van der Waals surface area contributed by atoms with Gasteiger partial charge >= 0.3 is 0 Å². The van der Waals surface area contributed by atoms with Gasteiger partial charge in [0.15, 0.2) is 18.9 Å². The van der Waals surface area contributed by atoms with Crippen molar-refractivity contribution in [2.24, 2.45) is 0 Å². The van der Waals surface area contributed by atoms with Crippen molar-refractivity contribution in [2.45, 2.75) is 330 Å². The minimum atomic E-state index is -1.98. The number of aliphatic hydroxyl groups is 11. The monoisotopic (exact) mass is 1360 g/mol. The van der Waals surface area contributed by atoms with Crippen LogP contribution in [-0.4, -0.2) is 193 Å². The van der Waals surface area contributed by atoms with Crippen LogP contribution in [0.3, 0.4) is 0 Å². The maximum atomic E-state index is 13.4. The second kappa shape index (κ2) is 56.9. The number of allylic oxidation sites excluding steroid dienone is 20. The Hall–Kier alpha value is -3.81. The summed E-state index contributed by atoms with van der Waals surface area (Å²) >= 11 is 0. The number of unbranched alkanes of at least 4 members (excludes halogenated alkanes) is 19. The summed E-state index contributed by atoms with van der Waals surface area (Å²) in [6.45, 7) is 1.65. The zero-order chi connectivity index (χ0) is 69.6. The Morgan fingerprint density at radius 1 is 0.385 bits per heavy atom. The number of carbonyl (C=O) groups excluding carboxylic acids is 1. The Balaban J connectivity index is 1.42. The molecule has 0 aromatic carbocycles. The topological polar surface area (TPSA) is 307 Å². The van der Waals surface area contributed by atoms with Crippen LogP contribution in [0.25, 0.3) is 0 Å². The van der Waals surface area contributed by atoms with Gasteiger partial charge < -0.3 is 89.9 Å². The maximum absolute atomic E-state index is 13.4. The molecule has 12 N–H and O–H groups in total. The fraction of sp³-hybridized carbons (Fsp3) is 0.727. The van der Waals surface area contributed by atoms with Crippen LogP contribution in [0.2, 0.25) is 0 Å². The van der Waals surface area contributed by atoms with E-state index in [-0.39, 0.29) is 18.9 Å². The van der Waals surface area contributed by atoms with Crippen LogP contribution in [0.1, 0.15) is 226 Å². The number of carbonyl (C=O) groups is 1. The van der Waals surface area contributed by atoms with Gasteiger partial charge in [-0.15, -0.1) is 0 Å². The summed E-state index contributed by atoms with van der Waals surface area (Å²) in [5.74, 6) is -0.289. The molecule has 96 heavy (non-hydrogen) atoms. The molecule has 17 unspecified atom stereocenters. The largest absolute Gasteiger partial charge is 0.394 e. The van der Waals surface area contributed by atoms with E-state index in [1.807, 2.05) is 0 Å². The molecule has 3 rings (SSSR count). The van der Waals surface area contributed by atoms with E-state index in [1.165, 1.54) is 89.9 Å². The van der Waals surface area contributed by atoms with Crippen LogP contribution in [0.5, 0.6) is 0 Å². The van der Waals surface area contributed by atoms with Crippen LogP contribution in [0, 0.1) is 0 Å². The zero-order valence-corrected chi connectivity index (χ0v) is 58.3. The van der Waals surface area contributed by atoms with Crippen LogP contribution in [-0.2, 0) is 33.2 Å². The Morgan fingerprint density at radius 3 is 1.10 bits per heavy atom. The molecule has 0 aromatic heterocycles. The minimum absolute atomic E-state index is 0.203. The van der Waals surface area contributed by atoms with E-state index in [0.717, 1.165) is 96.3 Å². The number of hydrogen-bond acceptors (Lipinski definition) is 18. The lowest BCUT2D eigenvalue weighted by Gasteiger charge is -2.48. The van der Waals surface area contributed by atoms with Gasteiger partial charge in [-0.3, -0.25) is 4.79 Å². The first kappa shape index (κ1) is 86.4. The van der Waals surface area contributed by atoms with E-state index < -0.39 is 124 Å². The first-order valence-corrected chi connectivity index (χ1v) is 36.8. The molecule has 3 heterocycles. The van der Waals surface area contributed by atoms with Crippen molar-refractivity contribution in [2.75, 3.05) is 26.4 Å². The average Bonchev–Trinajstić information content (AvgIpc) is 0.787. The van der Waals surface area contributed by atoms with Gasteiger partial charge in [0.1, 0.15) is 73.2 Å². The molecule has 3 fully saturated rings. The quantitative estimate of drug-likeness (QED) is 0.0199. The summed E-state index contributed by atoms with van der Waals surface area (Å²) < 4.78 is 34.4. The summed E-state index contributed by atoms with van der Waals surface area (Å²) in [6, 6.07) is -0.921. The smallest absolute Gasteiger partial charge is 0.220 e. The minimum Gasteiger partial charge on any atom is -0.394 e. The third kappa shape index (κ3) is 37.6. The highest BCUT2D eigenvalue weighted by Gasteiger charge is 2.53. The second-order valence-electron chi connectivity index (χ2n) is 25.7. The molecule has 0 aromatic rings. The molecule has 0 spiro atoms. The number of rotatable bonds is 55. The number of nitrogens with one attached hydrogen (secondary N) is 1. The van der Waals surface area contributed by atoms with Gasteiger partial charge in [0.25, 0.3) is 0 Å². The summed E-state index contributed by atoms with van der Waals surface area (Å²) in [4.78, 5) is 13.4. The molecule has 550 valence electrons. The Labute approximate surface area is 576 Å². The van der Waals surface area contributed by atoms with Gasteiger partial charge in [0.2, 0.25) is 5.91 Å². The van der Waals surface area contributed by atoms with Gasteiger partial charge in [-0.2, -0.15) is 0 Å². The first-order valence-electron chi connectivity index (χ1n) is 36.8. The lowest BCUT2D eigenvalue weighted by Crippen LogP contribution is -2.66. The average molecular weight is 1360 g/mol. The molecular weight excluding hydrogens is 1230 g/mol. The summed E-state index contributed by atoms with van der Waals surface area (Å²) in [5.41, 5.74) is 0. The maximum Gasteiger partial charge on any atom is 0.220 e. The third-order valence-electron chi connectivity index (χ3n) is 17.6. The van der Waals surface area contributed by atoms with Crippen molar-refractivity contribution in [1.29, 1.82) is 0 Å². The normalized spacial score (nSPS) is 27.8. The highest BCUT2D eigenvalue weighted by molar-refractivity contribution is 5.76. The van der Waals surface area contributed by atoms with Gasteiger partial charge in [-0.25, -0.2) is 0 Å². The standard InChI is InChI=1S/C77H129NO18/c1-3-5-7-9-11-13-15-17-19-21-23-24-25-26-27-28-29-30-31-32-33-34-35-36-37-39-41-43-45-47-49-51-53-55-65(83)78-60(61(82)54-52-50-48-46-44-42-40-38-22-20-18-16-14-12-10-8-6-4-2)59-91-75-71(89)68(86)73(63(57-80)93-75)96-77-72(90)69(87)74(64(58-81)94-77)95-76-70(88)67(85)66(84)62(56-79)92-76/h5,7,11,13,17,19,23-24,26-27,29-30,32-33,35-36,39,41,45,47,60-64,66-77,79-82,84-90H,3-4,6,8-10,12,14-16,18,20-22,25,28,31,34,37-38,40,42-44,46,48-59H2,1-2H3,(H,78,83)/b7-5-,13-11-,19-17-,24-23-,27-26-,30-29-,33-32-,36-35-,41-39-,47-45-. The lowest BCUT2D eigenvalue weighted by molar-refractivity contribution is -0.379. The number of aliphatic hydroxyl groups excluding tert-OH is 11. The first-order chi connectivity index (χ1) is 46.8. The van der Waals surface area contributed by atoms with Crippen molar-refractivity contribution >= 4 is 5.91 Å². The molecule has 0 radical (unpaired) electrons. The zero-order valence-electron chi connectivity index (χ0n) is 58.3. The van der Waals surface area contributed by atoms with Crippen LogP contribution >= 0.6 is 0 Å². The van der Waals surface area contributed by atoms with Crippen molar-refractivity contribution in [3.05, 3.63) is 122 Å².